The average Bonchev–Trinajstić information content (AvgIpc) is 2.86. The number of methoxy groups -OCH3 is 1. The Hall–Kier alpha value is -2.31. The van der Waals surface area contributed by atoms with Gasteiger partial charge in [-0.25, -0.2) is 0 Å². The van der Waals surface area contributed by atoms with E-state index in [1.807, 2.05) is 18.2 Å². The molecular weight excluding hydrogens is 379 g/mol. The first-order chi connectivity index (χ1) is 12.1. The number of nitrogen functional groups attached to an aromatic ring is 1. The van der Waals surface area contributed by atoms with Crippen LogP contribution < -0.4 is 25.3 Å². The molecule has 0 saturated carbocycles. The Morgan fingerprint density at radius 2 is 1.96 bits per heavy atom. The number of anilines is 1. The molecule has 0 spiro atoms. The summed E-state index contributed by atoms with van der Waals surface area (Å²) < 4.78 is 16.5. The number of amides is 1. The fourth-order valence-corrected chi connectivity index (χ4v) is 2.67. The quantitative estimate of drug-likeness (QED) is 0.770. The molecule has 0 saturated heterocycles. The Labute approximate surface area is 163 Å². The molecule has 8 heteroatoms. The van der Waals surface area contributed by atoms with E-state index in [0.717, 1.165) is 17.7 Å². The summed E-state index contributed by atoms with van der Waals surface area (Å²) in [6.07, 6.45) is 0.846. The second-order valence-electron chi connectivity index (χ2n) is 5.59. The standard InChI is InChI=1S/C18H19ClN2O4.ClH/c1-23-16-9-14(20)13(19)8-12(16)18(22)21-10-11-3-4-15-17(7-11)25-6-2-5-24-15;/h3-4,7-9H,2,5-6,10,20H2,1H3,(H,21,22);1H. The largest absolute Gasteiger partial charge is 0.496 e. The van der Waals surface area contributed by atoms with Crippen LogP contribution in [0.4, 0.5) is 5.69 Å². The molecule has 0 aromatic heterocycles. The van der Waals surface area contributed by atoms with Gasteiger partial charge >= 0.3 is 0 Å². The Morgan fingerprint density at radius 1 is 1.23 bits per heavy atom. The van der Waals surface area contributed by atoms with Gasteiger partial charge in [0, 0.05) is 19.0 Å². The van der Waals surface area contributed by atoms with Crippen LogP contribution in [0.2, 0.25) is 5.02 Å². The molecule has 0 bridgehead atoms. The molecule has 0 radical (unpaired) electrons. The second-order valence-corrected chi connectivity index (χ2v) is 6.00. The van der Waals surface area contributed by atoms with Gasteiger partial charge in [0.1, 0.15) is 5.75 Å². The van der Waals surface area contributed by atoms with Crippen molar-refractivity contribution >= 4 is 35.6 Å². The molecule has 2 aromatic rings. The van der Waals surface area contributed by atoms with E-state index in [4.69, 9.17) is 31.5 Å². The Bertz CT molecular complexity index is 799. The maximum atomic E-state index is 12.5. The molecule has 1 aliphatic heterocycles. The number of hydrogen-bond donors (Lipinski definition) is 2. The zero-order valence-electron chi connectivity index (χ0n) is 14.2. The molecular formula is C18H20Cl2N2O4. The molecule has 0 aliphatic carbocycles. The van der Waals surface area contributed by atoms with Crippen LogP contribution in [0.25, 0.3) is 0 Å². The summed E-state index contributed by atoms with van der Waals surface area (Å²) in [4.78, 5) is 12.5. The van der Waals surface area contributed by atoms with Crippen LogP contribution in [-0.2, 0) is 6.54 Å². The highest BCUT2D eigenvalue weighted by Crippen LogP contribution is 2.31. The zero-order valence-corrected chi connectivity index (χ0v) is 15.8. The Morgan fingerprint density at radius 3 is 2.69 bits per heavy atom. The topological polar surface area (TPSA) is 82.8 Å². The SMILES string of the molecule is COc1cc(N)c(Cl)cc1C(=O)NCc1ccc2c(c1)OCCCO2.Cl. The summed E-state index contributed by atoms with van der Waals surface area (Å²) in [5, 5.41) is 3.15. The molecule has 3 rings (SSSR count). The van der Waals surface area contributed by atoms with Gasteiger partial charge in [-0.1, -0.05) is 17.7 Å². The van der Waals surface area contributed by atoms with Gasteiger partial charge in [-0.15, -0.1) is 12.4 Å². The lowest BCUT2D eigenvalue weighted by Crippen LogP contribution is -2.23. The van der Waals surface area contributed by atoms with Crippen molar-refractivity contribution < 1.29 is 19.0 Å². The van der Waals surface area contributed by atoms with Crippen molar-refractivity contribution in [3.63, 3.8) is 0 Å². The van der Waals surface area contributed by atoms with Gasteiger partial charge < -0.3 is 25.3 Å². The van der Waals surface area contributed by atoms with E-state index < -0.39 is 0 Å². The van der Waals surface area contributed by atoms with Gasteiger partial charge in [0.25, 0.3) is 5.91 Å². The molecule has 0 fully saturated rings. The van der Waals surface area contributed by atoms with Gasteiger partial charge in [-0.2, -0.15) is 0 Å². The zero-order chi connectivity index (χ0) is 17.8. The Kier molecular flexibility index (Phi) is 6.83. The molecule has 1 heterocycles. The molecule has 3 N–H and O–H groups in total. The number of carbonyl (C=O) groups excluding carboxylic acids is 1. The highest BCUT2D eigenvalue weighted by Gasteiger charge is 2.16. The van der Waals surface area contributed by atoms with Crippen molar-refractivity contribution in [1.29, 1.82) is 0 Å². The van der Waals surface area contributed by atoms with Crippen LogP contribution in [-0.4, -0.2) is 26.2 Å². The van der Waals surface area contributed by atoms with Gasteiger partial charge in [0.15, 0.2) is 11.5 Å². The molecule has 1 amide bonds. The molecule has 6 nitrogen and oxygen atoms in total. The van der Waals surface area contributed by atoms with Gasteiger partial charge in [0.05, 0.1) is 36.6 Å². The van der Waals surface area contributed by atoms with Crippen LogP contribution >= 0.6 is 24.0 Å². The highest BCUT2D eigenvalue weighted by atomic mass is 35.5. The monoisotopic (exact) mass is 398 g/mol. The summed E-state index contributed by atoms with van der Waals surface area (Å²) in [5.41, 5.74) is 7.33. The summed E-state index contributed by atoms with van der Waals surface area (Å²) in [5.74, 6) is 1.49. The molecule has 140 valence electrons. The van der Waals surface area contributed by atoms with E-state index in [1.165, 1.54) is 19.2 Å². The van der Waals surface area contributed by atoms with Crippen LogP contribution in [0, 0.1) is 0 Å². The summed E-state index contributed by atoms with van der Waals surface area (Å²) >= 11 is 6.01. The minimum atomic E-state index is -0.300. The number of benzene rings is 2. The predicted molar refractivity (Wildman–Crippen MR) is 103 cm³/mol. The third-order valence-electron chi connectivity index (χ3n) is 3.83. The van der Waals surface area contributed by atoms with Crippen LogP contribution in [0.1, 0.15) is 22.3 Å². The van der Waals surface area contributed by atoms with Crippen LogP contribution in [0.3, 0.4) is 0 Å². The summed E-state index contributed by atoms with van der Waals surface area (Å²) in [6.45, 7) is 1.59. The number of nitrogens with two attached hydrogens (primary N) is 1. The fourth-order valence-electron chi connectivity index (χ4n) is 2.51. The fraction of sp³-hybridized carbons (Fsp3) is 0.278. The van der Waals surface area contributed by atoms with Crippen LogP contribution in [0.5, 0.6) is 17.2 Å². The average molecular weight is 399 g/mol. The third kappa shape index (κ3) is 4.45. The normalized spacial score (nSPS) is 12.5. The predicted octanol–water partition coefficient (Wildman–Crippen LogP) is 3.44. The van der Waals surface area contributed by atoms with E-state index in [0.29, 0.717) is 47.5 Å². The van der Waals surface area contributed by atoms with Gasteiger partial charge in [-0.3, -0.25) is 4.79 Å². The van der Waals surface area contributed by atoms with Crippen molar-refractivity contribution in [3.8, 4) is 17.2 Å². The van der Waals surface area contributed by atoms with E-state index >= 15 is 0 Å². The molecule has 0 atom stereocenters. The minimum Gasteiger partial charge on any atom is -0.496 e. The van der Waals surface area contributed by atoms with Crippen molar-refractivity contribution in [1.82, 2.24) is 5.32 Å². The lowest BCUT2D eigenvalue weighted by Gasteiger charge is -2.12. The number of fused-ring (bicyclic) bond motifs is 1. The Balaban J connectivity index is 0.00000243. The third-order valence-corrected chi connectivity index (χ3v) is 4.16. The number of ether oxygens (including phenoxy) is 3. The van der Waals surface area contributed by atoms with E-state index in [9.17, 15) is 4.79 Å². The first kappa shape index (κ1) is 20.0. The smallest absolute Gasteiger partial charge is 0.255 e. The van der Waals surface area contributed by atoms with Crippen molar-refractivity contribution in [2.45, 2.75) is 13.0 Å². The first-order valence-corrected chi connectivity index (χ1v) is 8.26. The van der Waals surface area contributed by atoms with E-state index in [2.05, 4.69) is 5.32 Å². The van der Waals surface area contributed by atoms with E-state index in [1.54, 1.807) is 0 Å². The van der Waals surface area contributed by atoms with Crippen molar-refractivity contribution in [2.75, 3.05) is 26.1 Å². The summed E-state index contributed by atoms with van der Waals surface area (Å²) in [6, 6.07) is 8.64. The molecule has 2 aromatic carbocycles. The molecule has 1 aliphatic rings. The minimum absolute atomic E-state index is 0. The van der Waals surface area contributed by atoms with Crippen molar-refractivity contribution in [2.24, 2.45) is 0 Å². The first-order valence-electron chi connectivity index (χ1n) is 7.88. The number of hydrogen-bond acceptors (Lipinski definition) is 5. The lowest BCUT2D eigenvalue weighted by molar-refractivity contribution is 0.0948. The maximum Gasteiger partial charge on any atom is 0.255 e. The molecule has 0 unspecified atom stereocenters. The van der Waals surface area contributed by atoms with Crippen LogP contribution in [0.15, 0.2) is 30.3 Å². The number of nitrogens with one attached hydrogen (secondary N) is 1. The van der Waals surface area contributed by atoms with Crippen molar-refractivity contribution in [3.05, 3.63) is 46.5 Å². The lowest BCUT2D eigenvalue weighted by atomic mass is 10.1. The molecule has 26 heavy (non-hydrogen) atoms. The van der Waals surface area contributed by atoms with Gasteiger partial charge in [-0.05, 0) is 23.8 Å². The second kappa shape index (κ2) is 8.87. The summed E-state index contributed by atoms with van der Waals surface area (Å²) in [7, 11) is 1.48. The number of rotatable bonds is 4. The number of carbonyl (C=O) groups is 1. The maximum absolute atomic E-state index is 12.5. The highest BCUT2D eigenvalue weighted by molar-refractivity contribution is 6.33. The van der Waals surface area contributed by atoms with E-state index in [-0.39, 0.29) is 18.3 Å². The van der Waals surface area contributed by atoms with Gasteiger partial charge in [0.2, 0.25) is 0 Å². The number of halogens is 2.